The number of carbonyl (C=O) groups is 1. The number of methoxy groups -OCH3 is 1. The normalized spacial score (nSPS) is 14.6. The van der Waals surface area contributed by atoms with Crippen LogP contribution in [0, 0.1) is 5.92 Å². The van der Waals surface area contributed by atoms with Crippen molar-refractivity contribution in [3.8, 4) is 0 Å². The third-order valence-electron chi connectivity index (χ3n) is 2.97. The lowest BCUT2D eigenvalue weighted by atomic mass is 9.93. The average molecular weight is 236 g/mol. The fourth-order valence-corrected chi connectivity index (χ4v) is 1.76. The molecule has 1 atom stereocenters. The predicted molar refractivity (Wildman–Crippen MR) is 67.0 cm³/mol. The van der Waals surface area contributed by atoms with Crippen molar-refractivity contribution >= 4 is 5.97 Å². The molecule has 94 valence electrons. The summed E-state index contributed by atoms with van der Waals surface area (Å²) in [6, 6.07) is 7.59. The molecule has 3 heteroatoms. The Morgan fingerprint density at radius 2 is 1.88 bits per heavy atom. The zero-order chi connectivity index (χ0) is 13.1. The Morgan fingerprint density at radius 1 is 1.35 bits per heavy atom. The van der Waals surface area contributed by atoms with Gasteiger partial charge in [0, 0.05) is 7.11 Å². The monoisotopic (exact) mass is 236 g/mol. The number of aliphatic carboxylic acids is 1. The fraction of sp³-hybridized carbons (Fsp3) is 0.500. The number of hydrogen-bond donors (Lipinski definition) is 1. The van der Waals surface area contributed by atoms with E-state index >= 15 is 0 Å². The number of carboxylic acids is 1. The first-order valence-electron chi connectivity index (χ1n) is 5.78. The van der Waals surface area contributed by atoms with Crippen LogP contribution in [0.25, 0.3) is 0 Å². The van der Waals surface area contributed by atoms with Crippen molar-refractivity contribution in [2.24, 2.45) is 5.92 Å². The second-order valence-electron chi connectivity index (χ2n) is 4.84. The summed E-state index contributed by atoms with van der Waals surface area (Å²) in [5.41, 5.74) is 0.615. The van der Waals surface area contributed by atoms with Gasteiger partial charge in [-0.2, -0.15) is 0 Å². The van der Waals surface area contributed by atoms with Gasteiger partial charge in [0.2, 0.25) is 0 Å². The zero-order valence-corrected chi connectivity index (χ0v) is 10.9. The van der Waals surface area contributed by atoms with E-state index in [1.54, 1.807) is 6.92 Å². The second-order valence-corrected chi connectivity index (χ2v) is 4.84. The van der Waals surface area contributed by atoms with Crippen LogP contribution in [-0.2, 0) is 21.6 Å². The number of carboxylic acid groups (broad SMARTS) is 1. The smallest absolute Gasteiger partial charge is 0.340 e. The molecule has 0 saturated heterocycles. The van der Waals surface area contributed by atoms with E-state index in [1.165, 1.54) is 12.7 Å². The zero-order valence-electron chi connectivity index (χ0n) is 10.9. The van der Waals surface area contributed by atoms with E-state index in [0.717, 1.165) is 6.42 Å². The lowest BCUT2D eigenvalue weighted by molar-refractivity contribution is -0.161. The van der Waals surface area contributed by atoms with Crippen molar-refractivity contribution in [2.75, 3.05) is 7.11 Å². The summed E-state index contributed by atoms with van der Waals surface area (Å²) in [4.78, 5) is 11.2. The molecule has 1 aromatic rings. The molecule has 1 aromatic carbocycles. The lowest BCUT2D eigenvalue weighted by Gasteiger charge is -2.23. The highest BCUT2D eigenvalue weighted by Gasteiger charge is 2.34. The van der Waals surface area contributed by atoms with Crippen molar-refractivity contribution in [1.29, 1.82) is 0 Å². The third kappa shape index (κ3) is 3.07. The van der Waals surface area contributed by atoms with E-state index in [0.29, 0.717) is 11.5 Å². The second kappa shape index (κ2) is 5.32. The molecule has 0 aromatic heterocycles. The Balaban J connectivity index is 2.97. The minimum absolute atomic E-state index is 0.592. The van der Waals surface area contributed by atoms with Gasteiger partial charge in [0.15, 0.2) is 5.60 Å². The maximum atomic E-state index is 11.2. The molecule has 0 radical (unpaired) electrons. The summed E-state index contributed by atoms with van der Waals surface area (Å²) in [5.74, 6) is -0.384. The molecule has 0 aliphatic carbocycles. The molecule has 0 saturated carbocycles. The molecule has 1 N–H and O–H groups in total. The Morgan fingerprint density at radius 3 is 2.24 bits per heavy atom. The summed E-state index contributed by atoms with van der Waals surface area (Å²) < 4.78 is 5.11. The lowest BCUT2D eigenvalue weighted by Crippen LogP contribution is -2.34. The molecule has 0 fully saturated rings. The van der Waals surface area contributed by atoms with E-state index < -0.39 is 11.6 Å². The first-order chi connectivity index (χ1) is 7.90. The highest BCUT2D eigenvalue weighted by Crippen LogP contribution is 2.25. The van der Waals surface area contributed by atoms with Crippen LogP contribution >= 0.6 is 0 Å². The standard InChI is InChI=1S/C14H20O3/c1-10(2)9-11-5-7-12(8-6-11)14(3,17-4)13(15)16/h5-8,10H,9H2,1-4H3,(H,15,16). The van der Waals surface area contributed by atoms with E-state index in [4.69, 9.17) is 4.74 Å². The van der Waals surface area contributed by atoms with Gasteiger partial charge >= 0.3 is 5.97 Å². The minimum Gasteiger partial charge on any atom is -0.479 e. The van der Waals surface area contributed by atoms with Crippen LogP contribution in [0.15, 0.2) is 24.3 Å². The van der Waals surface area contributed by atoms with Gasteiger partial charge in [-0.15, -0.1) is 0 Å². The molecular formula is C14H20O3. The molecule has 0 bridgehead atoms. The van der Waals surface area contributed by atoms with Crippen LogP contribution in [-0.4, -0.2) is 18.2 Å². The molecule has 0 aliphatic heterocycles. The maximum absolute atomic E-state index is 11.2. The van der Waals surface area contributed by atoms with Gasteiger partial charge < -0.3 is 9.84 Å². The van der Waals surface area contributed by atoms with Crippen molar-refractivity contribution in [3.05, 3.63) is 35.4 Å². The van der Waals surface area contributed by atoms with Gasteiger partial charge in [0.25, 0.3) is 0 Å². The van der Waals surface area contributed by atoms with Crippen LogP contribution in [0.2, 0.25) is 0 Å². The predicted octanol–water partition coefficient (Wildman–Crippen LogP) is 2.83. The third-order valence-corrected chi connectivity index (χ3v) is 2.97. The topological polar surface area (TPSA) is 46.5 Å². The van der Waals surface area contributed by atoms with Crippen molar-refractivity contribution in [2.45, 2.75) is 32.8 Å². The van der Waals surface area contributed by atoms with E-state index in [1.807, 2.05) is 24.3 Å². The average Bonchev–Trinajstić information content (AvgIpc) is 2.28. The Bertz CT molecular complexity index is 381. The molecule has 1 unspecified atom stereocenters. The summed E-state index contributed by atoms with van der Waals surface area (Å²) >= 11 is 0. The molecule has 17 heavy (non-hydrogen) atoms. The van der Waals surface area contributed by atoms with Crippen LogP contribution in [0.3, 0.4) is 0 Å². The molecular weight excluding hydrogens is 216 g/mol. The first-order valence-corrected chi connectivity index (χ1v) is 5.78. The van der Waals surface area contributed by atoms with Crippen LogP contribution in [0.4, 0.5) is 0 Å². The van der Waals surface area contributed by atoms with Gasteiger partial charge in [-0.05, 0) is 30.4 Å². The quantitative estimate of drug-likeness (QED) is 0.855. The largest absolute Gasteiger partial charge is 0.479 e. The highest BCUT2D eigenvalue weighted by molar-refractivity contribution is 5.78. The fourth-order valence-electron chi connectivity index (χ4n) is 1.76. The first kappa shape index (κ1) is 13.7. The number of rotatable bonds is 5. The van der Waals surface area contributed by atoms with Gasteiger partial charge in [-0.25, -0.2) is 4.79 Å². The van der Waals surface area contributed by atoms with E-state index in [-0.39, 0.29) is 0 Å². The van der Waals surface area contributed by atoms with Crippen LogP contribution in [0.1, 0.15) is 31.9 Å². The molecule has 0 amide bonds. The highest BCUT2D eigenvalue weighted by atomic mass is 16.5. The molecule has 0 aliphatic rings. The van der Waals surface area contributed by atoms with Gasteiger partial charge in [-0.3, -0.25) is 0 Å². The van der Waals surface area contributed by atoms with Gasteiger partial charge in [0.05, 0.1) is 0 Å². The van der Waals surface area contributed by atoms with Crippen LogP contribution in [0.5, 0.6) is 0 Å². The van der Waals surface area contributed by atoms with Gasteiger partial charge in [-0.1, -0.05) is 38.1 Å². The Kier molecular flexibility index (Phi) is 4.29. The molecule has 1 rings (SSSR count). The summed E-state index contributed by atoms with van der Waals surface area (Å²) in [6.45, 7) is 5.88. The van der Waals surface area contributed by atoms with Crippen molar-refractivity contribution < 1.29 is 14.6 Å². The maximum Gasteiger partial charge on any atom is 0.340 e. The SMILES string of the molecule is COC(C)(C(=O)O)c1ccc(CC(C)C)cc1. The van der Waals surface area contributed by atoms with Crippen molar-refractivity contribution in [1.82, 2.24) is 0 Å². The summed E-state index contributed by atoms with van der Waals surface area (Å²) in [5, 5.41) is 9.18. The van der Waals surface area contributed by atoms with Gasteiger partial charge in [0.1, 0.15) is 0 Å². The van der Waals surface area contributed by atoms with E-state index in [9.17, 15) is 9.90 Å². The number of benzene rings is 1. The summed E-state index contributed by atoms with van der Waals surface area (Å²) in [6.07, 6.45) is 0.997. The molecule has 0 spiro atoms. The molecule has 3 nitrogen and oxygen atoms in total. The Hall–Kier alpha value is -1.35. The molecule has 0 heterocycles. The van der Waals surface area contributed by atoms with E-state index in [2.05, 4.69) is 13.8 Å². The minimum atomic E-state index is -1.27. The number of hydrogen-bond acceptors (Lipinski definition) is 2. The van der Waals surface area contributed by atoms with Crippen LogP contribution < -0.4 is 0 Å². The summed E-state index contributed by atoms with van der Waals surface area (Å²) in [7, 11) is 1.41. The Labute approximate surface area is 102 Å². The number of ether oxygens (including phenoxy) is 1. The van der Waals surface area contributed by atoms with Crippen molar-refractivity contribution in [3.63, 3.8) is 0 Å².